The Labute approximate surface area is 120 Å². The lowest BCUT2D eigenvalue weighted by Gasteiger charge is -2.03. The summed E-state index contributed by atoms with van der Waals surface area (Å²) >= 11 is 6.43. The molecule has 0 spiro atoms. The molecule has 3 nitrogen and oxygen atoms in total. The summed E-state index contributed by atoms with van der Waals surface area (Å²) < 4.78 is 0.593. The second-order valence-corrected chi connectivity index (χ2v) is 5.87. The van der Waals surface area contributed by atoms with Crippen LogP contribution in [-0.2, 0) is 4.79 Å². The molecule has 2 aromatic rings. The maximum Gasteiger partial charge on any atom is 0.265 e. The van der Waals surface area contributed by atoms with Crippen LogP contribution in [0.25, 0.3) is 17.0 Å². The number of hydrogen-bond donors (Lipinski definition) is 0. The molecular formula is C14H10N2OS2. The summed E-state index contributed by atoms with van der Waals surface area (Å²) in [5.41, 5.74) is 1.88. The molecule has 0 saturated carbocycles. The van der Waals surface area contributed by atoms with Gasteiger partial charge in [-0.3, -0.25) is 14.7 Å². The monoisotopic (exact) mass is 286 g/mol. The quantitative estimate of drug-likeness (QED) is 0.596. The predicted molar refractivity (Wildman–Crippen MR) is 82.7 cm³/mol. The minimum atomic E-state index is -0.0453. The lowest BCUT2D eigenvalue weighted by molar-refractivity contribution is -0.121. The zero-order valence-electron chi connectivity index (χ0n) is 10.2. The van der Waals surface area contributed by atoms with Crippen molar-refractivity contribution >= 4 is 51.2 Å². The van der Waals surface area contributed by atoms with Gasteiger partial charge in [0.25, 0.3) is 5.91 Å². The molecule has 1 fully saturated rings. The predicted octanol–water partition coefficient (Wildman–Crippen LogP) is 3.07. The number of benzene rings is 1. The van der Waals surface area contributed by atoms with Crippen molar-refractivity contribution in [3.05, 3.63) is 47.0 Å². The van der Waals surface area contributed by atoms with Crippen molar-refractivity contribution in [3.63, 3.8) is 0 Å². The summed E-state index contributed by atoms with van der Waals surface area (Å²) in [6.07, 6.45) is 3.62. The van der Waals surface area contributed by atoms with Gasteiger partial charge in [-0.1, -0.05) is 42.2 Å². The van der Waals surface area contributed by atoms with Crippen LogP contribution in [0.1, 0.15) is 5.56 Å². The lowest BCUT2D eigenvalue weighted by Crippen LogP contribution is -2.22. The average Bonchev–Trinajstić information content (AvgIpc) is 2.66. The minimum Gasteiger partial charge on any atom is -0.296 e. The highest BCUT2D eigenvalue weighted by Crippen LogP contribution is 2.31. The average molecular weight is 286 g/mol. The fourth-order valence-corrected chi connectivity index (χ4v) is 3.05. The number of rotatable bonds is 1. The molecule has 0 N–H and O–H groups in total. The van der Waals surface area contributed by atoms with Crippen LogP contribution in [0.3, 0.4) is 0 Å². The zero-order chi connectivity index (χ0) is 13.4. The first-order chi connectivity index (χ1) is 9.15. The molecule has 0 bridgehead atoms. The van der Waals surface area contributed by atoms with Gasteiger partial charge in [-0.05, 0) is 23.8 Å². The molecule has 1 aromatic carbocycles. The number of amides is 1. The lowest BCUT2D eigenvalue weighted by atomic mass is 10.1. The van der Waals surface area contributed by atoms with E-state index in [0.29, 0.717) is 9.23 Å². The molecule has 19 heavy (non-hydrogen) atoms. The van der Waals surface area contributed by atoms with Gasteiger partial charge in [0, 0.05) is 18.6 Å². The van der Waals surface area contributed by atoms with Gasteiger partial charge < -0.3 is 0 Å². The van der Waals surface area contributed by atoms with Crippen LogP contribution < -0.4 is 0 Å². The standard InChI is InChI=1S/C14H10N2OS2/c1-16-13(17)12(19-14(16)18)8-9-4-5-10-3-2-6-15-11(10)7-9/h2-8H,1H3/b12-8-. The first-order valence-electron chi connectivity index (χ1n) is 5.71. The molecule has 1 aliphatic rings. The molecule has 2 heterocycles. The van der Waals surface area contributed by atoms with Crippen LogP contribution in [-0.4, -0.2) is 27.2 Å². The molecule has 0 aliphatic carbocycles. The van der Waals surface area contributed by atoms with Crippen molar-refractivity contribution < 1.29 is 4.79 Å². The molecule has 1 aromatic heterocycles. The summed E-state index contributed by atoms with van der Waals surface area (Å²) in [6.45, 7) is 0. The third-order valence-corrected chi connectivity index (χ3v) is 4.40. The Kier molecular flexibility index (Phi) is 3.08. The Bertz CT molecular complexity index is 724. The Morgan fingerprint density at radius 2 is 2.21 bits per heavy atom. The number of hydrogen-bond acceptors (Lipinski definition) is 4. The summed E-state index contributed by atoms with van der Waals surface area (Å²) in [7, 11) is 1.69. The molecule has 1 saturated heterocycles. The molecule has 0 atom stereocenters. The summed E-state index contributed by atoms with van der Waals surface area (Å²) in [5, 5.41) is 1.09. The fourth-order valence-electron chi connectivity index (χ4n) is 1.87. The second-order valence-electron chi connectivity index (χ2n) is 4.20. The molecule has 94 valence electrons. The Morgan fingerprint density at radius 1 is 1.37 bits per heavy atom. The van der Waals surface area contributed by atoms with E-state index in [1.165, 1.54) is 16.7 Å². The summed E-state index contributed by atoms with van der Waals surface area (Å²) in [4.78, 5) is 18.4. The summed E-state index contributed by atoms with van der Waals surface area (Å²) in [6, 6.07) is 9.87. The highest BCUT2D eigenvalue weighted by molar-refractivity contribution is 8.26. The number of pyridine rings is 1. The first-order valence-corrected chi connectivity index (χ1v) is 6.94. The number of likely N-dealkylation sites (N-methyl/N-ethyl adjacent to an activating group) is 1. The minimum absolute atomic E-state index is 0.0453. The Morgan fingerprint density at radius 3 is 2.95 bits per heavy atom. The molecule has 5 heteroatoms. The Hall–Kier alpha value is -1.72. The van der Waals surface area contributed by atoms with Crippen molar-refractivity contribution in [2.75, 3.05) is 7.05 Å². The van der Waals surface area contributed by atoms with Crippen molar-refractivity contribution in [2.24, 2.45) is 0 Å². The topological polar surface area (TPSA) is 33.2 Å². The smallest absolute Gasteiger partial charge is 0.265 e. The number of carbonyl (C=O) groups is 1. The van der Waals surface area contributed by atoms with E-state index < -0.39 is 0 Å². The normalized spacial score (nSPS) is 17.7. The van der Waals surface area contributed by atoms with Gasteiger partial charge in [-0.25, -0.2) is 0 Å². The van der Waals surface area contributed by atoms with Gasteiger partial charge in [-0.15, -0.1) is 0 Å². The van der Waals surface area contributed by atoms with E-state index in [1.54, 1.807) is 13.2 Å². The first kappa shape index (κ1) is 12.3. The van der Waals surface area contributed by atoms with Gasteiger partial charge in [0.2, 0.25) is 0 Å². The molecule has 1 amide bonds. The molecule has 0 unspecified atom stereocenters. The van der Waals surface area contributed by atoms with Crippen molar-refractivity contribution in [2.45, 2.75) is 0 Å². The van der Waals surface area contributed by atoms with Crippen LogP contribution in [0.5, 0.6) is 0 Å². The third-order valence-electron chi connectivity index (χ3n) is 2.91. The number of aromatic nitrogens is 1. The largest absolute Gasteiger partial charge is 0.296 e. The highest BCUT2D eigenvalue weighted by atomic mass is 32.2. The van der Waals surface area contributed by atoms with Crippen molar-refractivity contribution in [1.82, 2.24) is 9.88 Å². The number of thiocarbonyl (C=S) groups is 1. The van der Waals surface area contributed by atoms with E-state index in [9.17, 15) is 4.79 Å². The maximum atomic E-state index is 11.9. The molecule has 3 rings (SSSR count). The maximum absolute atomic E-state index is 11.9. The summed E-state index contributed by atoms with van der Waals surface area (Å²) in [5.74, 6) is -0.0453. The van der Waals surface area contributed by atoms with Gasteiger partial charge in [-0.2, -0.15) is 0 Å². The van der Waals surface area contributed by atoms with Crippen LogP contribution in [0.2, 0.25) is 0 Å². The van der Waals surface area contributed by atoms with E-state index in [4.69, 9.17) is 12.2 Å². The molecular weight excluding hydrogens is 276 g/mol. The SMILES string of the molecule is CN1C(=O)/C(=C/c2ccc3cccnc3c2)SC1=S. The number of nitrogens with zero attached hydrogens (tertiary/aromatic N) is 2. The van der Waals surface area contributed by atoms with E-state index >= 15 is 0 Å². The van der Waals surface area contributed by atoms with E-state index in [-0.39, 0.29) is 5.91 Å². The van der Waals surface area contributed by atoms with Gasteiger partial charge in [0.05, 0.1) is 10.4 Å². The highest BCUT2D eigenvalue weighted by Gasteiger charge is 2.28. The van der Waals surface area contributed by atoms with Gasteiger partial charge >= 0.3 is 0 Å². The van der Waals surface area contributed by atoms with Crippen LogP contribution in [0, 0.1) is 0 Å². The molecule has 0 radical (unpaired) electrons. The van der Waals surface area contributed by atoms with Crippen LogP contribution in [0.15, 0.2) is 41.4 Å². The van der Waals surface area contributed by atoms with E-state index in [1.807, 2.05) is 36.4 Å². The van der Waals surface area contributed by atoms with Crippen LogP contribution in [0.4, 0.5) is 0 Å². The van der Waals surface area contributed by atoms with E-state index in [0.717, 1.165) is 16.5 Å². The van der Waals surface area contributed by atoms with Crippen molar-refractivity contribution in [1.29, 1.82) is 0 Å². The van der Waals surface area contributed by atoms with E-state index in [2.05, 4.69) is 4.98 Å². The second kappa shape index (κ2) is 4.75. The van der Waals surface area contributed by atoms with Crippen molar-refractivity contribution in [3.8, 4) is 0 Å². The zero-order valence-corrected chi connectivity index (χ0v) is 11.8. The Balaban J connectivity index is 2.02. The molecule has 1 aliphatic heterocycles. The number of thioether (sulfide) groups is 1. The third kappa shape index (κ3) is 2.27. The van der Waals surface area contributed by atoms with Gasteiger partial charge in [0.15, 0.2) is 0 Å². The number of carbonyl (C=O) groups excluding carboxylic acids is 1. The van der Waals surface area contributed by atoms with Gasteiger partial charge in [0.1, 0.15) is 4.32 Å². The van der Waals surface area contributed by atoms with Crippen LogP contribution >= 0.6 is 24.0 Å². The fraction of sp³-hybridized carbons (Fsp3) is 0.0714. The number of fused-ring (bicyclic) bond motifs is 1.